The van der Waals surface area contributed by atoms with Crippen LogP contribution in [0, 0.1) is 28.6 Å². The fraction of sp³-hybridized carbons (Fsp3) is 0.545. The van der Waals surface area contributed by atoms with Crippen LogP contribution in [0.5, 0.6) is 0 Å². The van der Waals surface area contributed by atoms with Gasteiger partial charge in [0, 0.05) is 12.6 Å². The van der Waals surface area contributed by atoms with E-state index in [1.54, 1.807) is 10.9 Å². The summed E-state index contributed by atoms with van der Waals surface area (Å²) < 4.78 is 1.77. The van der Waals surface area contributed by atoms with Crippen molar-refractivity contribution in [3.8, 4) is 12.1 Å². The van der Waals surface area contributed by atoms with Gasteiger partial charge in [-0.15, -0.1) is 0 Å². The molecular weight excluding hydrogens is 202 g/mol. The molecule has 0 bridgehead atoms. The Morgan fingerprint density at radius 2 is 2.25 bits per heavy atom. The van der Waals surface area contributed by atoms with Crippen LogP contribution >= 0.6 is 0 Å². The molecule has 0 aliphatic heterocycles. The number of hydrogen-bond acceptors (Lipinski definition) is 4. The van der Waals surface area contributed by atoms with Crippen molar-refractivity contribution in [1.82, 2.24) is 9.55 Å². The van der Waals surface area contributed by atoms with Crippen LogP contribution in [0.3, 0.4) is 0 Å². The Bertz CT molecular complexity index is 462. The van der Waals surface area contributed by atoms with Gasteiger partial charge in [0.15, 0.2) is 11.4 Å². The Morgan fingerprint density at radius 3 is 2.81 bits per heavy atom. The van der Waals surface area contributed by atoms with Crippen molar-refractivity contribution in [2.45, 2.75) is 31.8 Å². The lowest BCUT2D eigenvalue weighted by molar-refractivity contribution is 0.449. The van der Waals surface area contributed by atoms with Crippen molar-refractivity contribution in [3.05, 3.63) is 17.7 Å². The maximum Gasteiger partial charge on any atom is 0.176 e. The second kappa shape index (κ2) is 4.34. The van der Waals surface area contributed by atoms with E-state index in [9.17, 15) is 0 Å². The first-order valence-electron chi connectivity index (χ1n) is 5.35. The fourth-order valence-electron chi connectivity index (χ4n) is 2.28. The highest BCUT2D eigenvalue weighted by Gasteiger charge is 2.23. The van der Waals surface area contributed by atoms with Gasteiger partial charge in [0.05, 0.1) is 6.33 Å². The molecule has 0 aromatic carbocycles. The minimum absolute atomic E-state index is 0.213. The molecule has 0 spiro atoms. The number of nitriles is 2. The zero-order valence-electron chi connectivity index (χ0n) is 8.93. The van der Waals surface area contributed by atoms with E-state index in [1.165, 1.54) is 0 Å². The molecule has 1 heterocycles. The van der Waals surface area contributed by atoms with Gasteiger partial charge in [0.1, 0.15) is 12.1 Å². The quantitative estimate of drug-likeness (QED) is 0.788. The van der Waals surface area contributed by atoms with Gasteiger partial charge in [-0.05, 0) is 25.2 Å². The van der Waals surface area contributed by atoms with Gasteiger partial charge in [0.2, 0.25) is 0 Å². The maximum atomic E-state index is 8.96. The standard InChI is InChI=1S/C11H13N5/c12-4-10-11(5-13)16(7-15-10)6-8-1-2-9(14)3-8/h7-9H,1-3,6,14H2/t8-,9+/m0/s1. The third-order valence-electron chi connectivity index (χ3n) is 3.09. The van der Waals surface area contributed by atoms with Gasteiger partial charge in [-0.2, -0.15) is 10.5 Å². The highest BCUT2D eigenvalue weighted by atomic mass is 15.1. The Labute approximate surface area is 94.1 Å². The molecule has 0 saturated heterocycles. The van der Waals surface area contributed by atoms with Crippen molar-refractivity contribution in [2.75, 3.05) is 0 Å². The van der Waals surface area contributed by atoms with Crippen molar-refractivity contribution in [2.24, 2.45) is 11.7 Å². The van der Waals surface area contributed by atoms with Crippen molar-refractivity contribution >= 4 is 0 Å². The molecule has 1 saturated carbocycles. The second-order valence-corrected chi connectivity index (χ2v) is 4.26. The first-order valence-corrected chi connectivity index (χ1v) is 5.35. The van der Waals surface area contributed by atoms with E-state index in [-0.39, 0.29) is 11.7 Å². The summed E-state index contributed by atoms with van der Waals surface area (Å²) >= 11 is 0. The van der Waals surface area contributed by atoms with Crippen LogP contribution in [-0.2, 0) is 6.54 Å². The molecule has 2 N–H and O–H groups in total. The number of aromatic nitrogens is 2. The van der Waals surface area contributed by atoms with Crippen LogP contribution in [-0.4, -0.2) is 15.6 Å². The largest absolute Gasteiger partial charge is 0.328 e. The fourth-order valence-corrected chi connectivity index (χ4v) is 2.28. The van der Waals surface area contributed by atoms with Gasteiger partial charge in [-0.1, -0.05) is 0 Å². The first-order chi connectivity index (χ1) is 7.74. The van der Waals surface area contributed by atoms with Gasteiger partial charge in [0.25, 0.3) is 0 Å². The van der Waals surface area contributed by atoms with Crippen LogP contribution < -0.4 is 5.73 Å². The summed E-state index contributed by atoms with van der Waals surface area (Å²) in [4.78, 5) is 3.91. The molecule has 5 nitrogen and oxygen atoms in total. The molecule has 2 atom stereocenters. The number of nitrogens with two attached hydrogens (primary N) is 1. The number of imidazole rings is 1. The molecule has 1 fully saturated rings. The van der Waals surface area contributed by atoms with Crippen molar-refractivity contribution < 1.29 is 0 Å². The molecule has 0 unspecified atom stereocenters. The Kier molecular flexibility index (Phi) is 2.89. The maximum absolute atomic E-state index is 8.96. The van der Waals surface area contributed by atoms with E-state index in [1.807, 2.05) is 12.1 Å². The molecule has 1 aliphatic carbocycles. The van der Waals surface area contributed by atoms with E-state index in [0.29, 0.717) is 11.6 Å². The summed E-state index contributed by atoms with van der Waals surface area (Å²) in [6.07, 6.45) is 4.70. The van der Waals surface area contributed by atoms with Crippen LogP contribution in [0.2, 0.25) is 0 Å². The molecule has 1 aliphatic rings. The van der Waals surface area contributed by atoms with E-state index in [2.05, 4.69) is 4.98 Å². The van der Waals surface area contributed by atoms with E-state index in [0.717, 1.165) is 25.8 Å². The average Bonchev–Trinajstić information content (AvgIpc) is 2.85. The second-order valence-electron chi connectivity index (χ2n) is 4.26. The molecule has 5 heteroatoms. The lowest BCUT2D eigenvalue weighted by atomic mass is 10.1. The number of rotatable bonds is 2. The van der Waals surface area contributed by atoms with Crippen LogP contribution in [0.25, 0.3) is 0 Å². The smallest absolute Gasteiger partial charge is 0.176 e. The Balaban J connectivity index is 2.14. The predicted molar refractivity (Wildman–Crippen MR) is 57.0 cm³/mol. The summed E-state index contributed by atoms with van der Waals surface area (Å²) in [5.74, 6) is 0.503. The zero-order valence-corrected chi connectivity index (χ0v) is 8.93. The molecule has 82 valence electrons. The lowest BCUT2D eigenvalue weighted by Gasteiger charge is -2.10. The summed E-state index contributed by atoms with van der Waals surface area (Å²) in [5, 5.41) is 17.7. The van der Waals surface area contributed by atoms with Crippen molar-refractivity contribution in [3.63, 3.8) is 0 Å². The predicted octanol–water partition coefficient (Wildman–Crippen LogP) is 0.754. The Morgan fingerprint density at radius 1 is 1.44 bits per heavy atom. The summed E-state index contributed by atoms with van der Waals surface area (Å²) in [7, 11) is 0. The normalized spacial score (nSPS) is 23.9. The molecule has 16 heavy (non-hydrogen) atoms. The summed E-state index contributed by atoms with van der Waals surface area (Å²) in [6, 6.07) is 4.23. The SMILES string of the molecule is N#Cc1ncn(C[C@H]2CC[C@@H](N)C2)c1C#N. The van der Waals surface area contributed by atoms with E-state index >= 15 is 0 Å². The van der Waals surface area contributed by atoms with E-state index in [4.69, 9.17) is 16.3 Å². The van der Waals surface area contributed by atoms with Gasteiger partial charge in [-0.25, -0.2) is 4.98 Å². The summed E-state index contributed by atoms with van der Waals surface area (Å²) in [5.41, 5.74) is 6.42. The van der Waals surface area contributed by atoms with Gasteiger partial charge in [-0.3, -0.25) is 0 Å². The Hall–Kier alpha value is -1.85. The number of hydrogen-bond donors (Lipinski definition) is 1. The molecule has 0 radical (unpaired) electrons. The minimum atomic E-state index is 0.213. The molecule has 1 aromatic heterocycles. The van der Waals surface area contributed by atoms with E-state index < -0.39 is 0 Å². The summed E-state index contributed by atoms with van der Waals surface area (Å²) in [6.45, 7) is 0.741. The van der Waals surface area contributed by atoms with Crippen molar-refractivity contribution in [1.29, 1.82) is 10.5 Å². The van der Waals surface area contributed by atoms with Crippen LogP contribution in [0.4, 0.5) is 0 Å². The molecule has 2 rings (SSSR count). The average molecular weight is 215 g/mol. The third kappa shape index (κ3) is 1.91. The molecule has 1 aromatic rings. The van der Waals surface area contributed by atoms with Crippen LogP contribution in [0.15, 0.2) is 6.33 Å². The minimum Gasteiger partial charge on any atom is -0.328 e. The number of nitrogens with zero attached hydrogens (tertiary/aromatic N) is 4. The monoisotopic (exact) mass is 215 g/mol. The van der Waals surface area contributed by atoms with Gasteiger partial charge >= 0.3 is 0 Å². The molecular formula is C11H13N5. The first kappa shape index (κ1) is 10.7. The highest BCUT2D eigenvalue weighted by Crippen LogP contribution is 2.26. The third-order valence-corrected chi connectivity index (χ3v) is 3.09. The molecule has 0 amide bonds. The topological polar surface area (TPSA) is 91.4 Å². The highest BCUT2D eigenvalue weighted by molar-refractivity contribution is 5.36. The van der Waals surface area contributed by atoms with Crippen LogP contribution in [0.1, 0.15) is 30.7 Å². The zero-order chi connectivity index (χ0) is 11.5. The van der Waals surface area contributed by atoms with Gasteiger partial charge < -0.3 is 10.3 Å². The lowest BCUT2D eigenvalue weighted by Crippen LogP contribution is -2.16.